The number of nitrogens with zero attached hydrogens (tertiary/aromatic N) is 2. The Balaban J connectivity index is 1.56. The topological polar surface area (TPSA) is 81.2 Å². The predicted octanol–water partition coefficient (Wildman–Crippen LogP) is 4.77. The molecule has 4 rings (SSSR count). The van der Waals surface area contributed by atoms with Crippen LogP contribution in [0.5, 0.6) is 5.75 Å². The first kappa shape index (κ1) is 20.7. The lowest BCUT2D eigenvalue weighted by atomic mass is 9.81. The predicted molar refractivity (Wildman–Crippen MR) is 119 cm³/mol. The van der Waals surface area contributed by atoms with E-state index in [9.17, 15) is 9.59 Å². The molecule has 6 nitrogen and oxygen atoms in total. The van der Waals surface area contributed by atoms with E-state index in [4.69, 9.17) is 4.74 Å². The SMILES string of the molecule is COc1ccccc1C(=O)Nc1ncc2c(n1)C[C@H](c1ccc(C(C)C)cc1)CC2=O. The van der Waals surface area contributed by atoms with E-state index in [1.165, 1.54) is 18.9 Å². The highest BCUT2D eigenvalue weighted by molar-refractivity contribution is 6.05. The van der Waals surface area contributed by atoms with Gasteiger partial charge in [0.1, 0.15) is 5.75 Å². The Bertz CT molecular complexity index is 1120. The van der Waals surface area contributed by atoms with E-state index in [-0.39, 0.29) is 23.6 Å². The third-order valence-corrected chi connectivity index (χ3v) is 5.69. The Morgan fingerprint density at radius 2 is 1.84 bits per heavy atom. The Labute approximate surface area is 181 Å². The van der Waals surface area contributed by atoms with Crippen molar-refractivity contribution >= 4 is 17.6 Å². The average Bonchev–Trinajstić information content (AvgIpc) is 2.78. The number of anilines is 1. The van der Waals surface area contributed by atoms with Gasteiger partial charge < -0.3 is 4.74 Å². The maximum Gasteiger partial charge on any atom is 0.261 e. The van der Waals surface area contributed by atoms with Crippen molar-refractivity contribution in [2.75, 3.05) is 12.4 Å². The van der Waals surface area contributed by atoms with Gasteiger partial charge in [-0.3, -0.25) is 14.9 Å². The molecule has 1 amide bonds. The number of hydrogen-bond acceptors (Lipinski definition) is 5. The van der Waals surface area contributed by atoms with Crippen LogP contribution in [0.1, 0.15) is 69.6 Å². The molecule has 158 valence electrons. The number of fused-ring (bicyclic) bond motifs is 1. The summed E-state index contributed by atoms with van der Waals surface area (Å²) in [6.07, 6.45) is 2.58. The number of nitrogens with one attached hydrogen (secondary N) is 1. The number of hydrogen-bond donors (Lipinski definition) is 1. The highest BCUT2D eigenvalue weighted by Gasteiger charge is 2.28. The lowest BCUT2D eigenvalue weighted by Gasteiger charge is -2.23. The van der Waals surface area contributed by atoms with Crippen LogP contribution in [0.4, 0.5) is 5.95 Å². The van der Waals surface area contributed by atoms with Crippen LogP contribution in [-0.4, -0.2) is 28.8 Å². The molecule has 2 aromatic carbocycles. The van der Waals surface area contributed by atoms with Gasteiger partial charge in [0.15, 0.2) is 5.78 Å². The zero-order valence-electron chi connectivity index (χ0n) is 17.9. The van der Waals surface area contributed by atoms with Gasteiger partial charge in [-0.2, -0.15) is 0 Å². The van der Waals surface area contributed by atoms with Gasteiger partial charge in [-0.25, -0.2) is 9.97 Å². The van der Waals surface area contributed by atoms with Crippen LogP contribution >= 0.6 is 0 Å². The standard InChI is InChI=1S/C25H25N3O3/c1-15(2)16-8-10-17(11-9-16)18-12-21-20(22(29)13-18)14-26-25(27-21)28-24(30)19-6-4-5-7-23(19)31-3/h4-11,14-15,18H,12-13H2,1-3H3,(H,26,27,28,30)/t18-/m0/s1. The summed E-state index contributed by atoms with van der Waals surface area (Å²) in [4.78, 5) is 34.0. The molecule has 0 saturated heterocycles. The van der Waals surface area contributed by atoms with Crippen LogP contribution in [0.15, 0.2) is 54.7 Å². The van der Waals surface area contributed by atoms with E-state index >= 15 is 0 Å². The number of ketones is 1. The van der Waals surface area contributed by atoms with Crippen molar-refractivity contribution < 1.29 is 14.3 Å². The highest BCUT2D eigenvalue weighted by atomic mass is 16.5. The molecule has 0 fully saturated rings. The molecule has 1 aromatic heterocycles. The first-order valence-corrected chi connectivity index (χ1v) is 10.4. The van der Waals surface area contributed by atoms with Crippen LogP contribution in [0.3, 0.4) is 0 Å². The molecular formula is C25H25N3O3. The molecule has 1 aliphatic rings. The van der Waals surface area contributed by atoms with Crippen molar-refractivity contribution in [3.8, 4) is 5.75 Å². The zero-order valence-corrected chi connectivity index (χ0v) is 17.9. The van der Waals surface area contributed by atoms with Crippen LogP contribution < -0.4 is 10.1 Å². The van der Waals surface area contributed by atoms with Crippen LogP contribution in [0, 0.1) is 0 Å². The minimum absolute atomic E-state index is 0.0294. The van der Waals surface area contributed by atoms with E-state index in [1.807, 2.05) is 0 Å². The number of carbonyl (C=O) groups excluding carboxylic acids is 2. The first-order chi connectivity index (χ1) is 15.0. The molecule has 0 aliphatic heterocycles. The van der Waals surface area contributed by atoms with Crippen LogP contribution in [-0.2, 0) is 6.42 Å². The van der Waals surface area contributed by atoms with Crippen LogP contribution in [0.25, 0.3) is 0 Å². The summed E-state index contributed by atoms with van der Waals surface area (Å²) in [6, 6.07) is 15.4. The number of benzene rings is 2. The fourth-order valence-electron chi connectivity index (χ4n) is 3.90. The monoisotopic (exact) mass is 415 g/mol. The summed E-state index contributed by atoms with van der Waals surface area (Å²) in [5, 5.41) is 2.72. The largest absolute Gasteiger partial charge is 0.496 e. The molecule has 3 aromatic rings. The molecule has 0 bridgehead atoms. The number of rotatable bonds is 5. The molecule has 0 unspecified atom stereocenters. The van der Waals surface area contributed by atoms with Gasteiger partial charge in [0.2, 0.25) is 5.95 Å². The minimum atomic E-state index is -0.361. The Kier molecular flexibility index (Phi) is 5.80. The molecule has 1 aliphatic carbocycles. The van der Waals surface area contributed by atoms with Crippen molar-refractivity contribution in [1.82, 2.24) is 9.97 Å². The van der Waals surface area contributed by atoms with Gasteiger partial charge in [0.05, 0.1) is 23.9 Å². The number of aromatic nitrogens is 2. The van der Waals surface area contributed by atoms with E-state index in [2.05, 4.69) is 53.4 Å². The number of para-hydroxylation sites is 1. The molecule has 1 heterocycles. The summed E-state index contributed by atoms with van der Waals surface area (Å²) >= 11 is 0. The van der Waals surface area contributed by atoms with E-state index in [0.29, 0.717) is 41.3 Å². The normalized spacial score (nSPS) is 15.5. The minimum Gasteiger partial charge on any atom is -0.496 e. The maximum absolute atomic E-state index is 12.7. The first-order valence-electron chi connectivity index (χ1n) is 10.4. The van der Waals surface area contributed by atoms with Crippen LogP contribution in [0.2, 0.25) is 0 Å². The molecule has 0 radical (unpaired) electrons. The smallest absolute Gasteiger partial charge is 0.261 e. The lowest BCUT2D eigenvalue weighted by Crippen LogP contribution is -2.22. The maximum atomic E-state index is 12.7. The second-order valence-corrected chi connectivity index (χ2v) is 8.06. The molecule has 0 spiro atoms. The number of ether oxygens (including phenoxy) is 1. The summed E-state index contributed by atoms with van der Waals surface area (Å²) in [6.45, 7) is 4.32. The van der Waals surface area contributed by atoms with Gasteiger partial charge in [-0.15, -0.1) is 0 Å². The van der Waals surface area contributed by atoms with Gasteiger partial charge >= 0.3 is 0 Å². The molecule has 1 N–H and O–H groups in total. The van der Waals surface area contributed by atoms with E-state index < -0.39 is 0 Å². The van der Waals surface area contributed by atoms with Gasteiger partial charge in [-0.1, -0.05) is 50.2 Å². The zero-order chi connectivity index (χ0) is 22.0. The number of methoxy groups -OCH3 is 1. The third kappa shape index (κ3) is 4.33. The Morgan fingerprint density at radius 1 is 1.10 bits per heavy atom. The fraction of sp³-hybridized carbons (Fsp3) is 0.280. The lowest BCUT2D eigenvalue weighted by molar-refractivity contribution is 0.0962. The summed E-state index contributed by atoms with van der Waals surface area (Å²) < 4.78 is 5.25. The second kappa shape index (κ2) is 8.68. The van der Waals surface area contributed by atoms with Crippen molar-refractivity contribution in [2.45, 2.75) is 38.5 Å². The van der Waals surface area contributed by atoms with Crippen molar-refractivity contribution in [1.29, 1.82) is 0 Å². The molecule has 6 heteroatoms. The third-order valence-electron chi connectivity index (χ3n) is 5.69. The second-order valence-electron chi connectivity index (χ2n) is 8.06. The molecule has 1 atom stereocenters. The highest BCUT2D eigenvalue weighted by Crippen LogP contribution is 2.32. The number of amides is 1. The van der Waals surface area contributed by atoms with E-state index in [1.54, 1.807) is 24.3 Å². The average molecular weight is 415 g/mol. The van der Waals surface area contributed by atoms with Crippen molar-refractivity contribution in [3.05, 3.63) is 82.7 Å². The number of Topliss-reactive ketones (excluding diaryl/α,β-unsaturated/α-hetero) is 1. The molecule has 31 heavy (non-hydrogen) atoms. The number of carbonyl (C=O) groups is 2. The van der Waals surface area contributed by atoms with Gasteiger partial charge in [0, 0.05) is 12.6 Å². The molecule has 0 saturated carbocycles. The van der Waals surface area contributed by atoms with Gasteiger partial charge in [0.25, 0.3) is 5.91 Å². The fourth-order valence-corrected chi connectivity index (χ4v) is 3.90. The van der Waals surface area contributed by atoms with Gasteiger partial charge in [-0.05, 0) is 41.5 Å². The molecular weight excluding hydrogens is 390 g/mol. The Hall–Kier alpha value is -3.54. The quantitative estimate of drug-likeness (QED) is 0.649. The Morgan fingerprint density at radius 3 is 2.55 bits per heavy atom. The summed E-state index contributed by atoms with van der Waals surface area (Å²) in [5.74, 6) is 0.845. The van der Waals surface area contributed by atoms with Crippen molar-refractivity contribution in [3.63, 3.8) is 0 Å². The van der Waals surface area contributed by atoms with Crippen molar-refractivity contribution in [2.24, 2.45) is 0 Å². The summed E-state index contributed by atoms with van der Waals surface area (Å²) in [7, 11) is 1.51. The summed E-state index contributed by atoms with van der Waals surface area (Å²) in [5.41, 5.74) is 3.99. The van der Waals surface area contributed by atoms with E-state index in [0.717, 1.165) is 5.56 Å².